The minimum absolute atomic E-state index is 0. The van der Waals surface area contributed by atoms with E-state index in [9.17, 15) is 10.2 Å². The van der Waals surface area contributed by atoms with E-state index in [1.807, 2.05) is 0 Å². The number of aliphatic hydroxyl groups is 2. The van der Waals surface area contributed by atoms with Crippen LogP contribution in [0.15, 0.2) is 6.33 Å². The Hall–Kier alpha value is -2.09. The highest BCUT2D eigenvalue weighted by Gasteiger charge is 2.58. The van der Waals surface area contributed by atoms with Gasteiger partial charge in [-0.3, -0.25) is 4.57 Å². The lowest BCUT2D eigenvalue weighted by Crippen LogP contribution is -2.38. The van der Waals surface area contributed by atoms with Crippen LogP contribution in [-0.2, 0) is 14.2 Å². The Balaban J connectivity index is 0.00000218. The van der Waals surface area contributed by atoms with Crippen molar-refractivity contribution < 1.29 is 34.6 Å². The van der Waals surface area contributed by atoms with Crippen LogP contribution in [0, 0.1) is 0 Å². The van der Waals surface area contributed by atoms with E-state index in [1.165, 1.54) is 6.33 Å². The first-order chi connectivity index (χ1) is 13.8. The Morgan fingerprint density at radius 2 is 1.90 bits per heavy atom. The molecule has 0 amide bonds. The summed E-state index contributed by atoms with van der Waals surface area (Å²) in [6, 6.07) is 0.195. The van der Waals surface area contributed by atoms with Gasteiger partial charge in [-0.05, 0) is 39.5 Å². The molecule has 0 aromatic carbocycles. The van der Waals surface area contributed by atoms with E-state index in [-0.39, 0.29) is 23.4 Å². The van der Waals surface area contributed by atoms with Gasteiger partial charge in [0.1, 0.15) is 24.4 Å². The summed E-state index contributed by atoms with van der Waals surface area (Å²) >= 11 is 0. The van der Waals surface area contributed by atoms with Crippen molar-refractivity contribution in [3.05, 3.63) is 6.33 Å². The summed E-state index contributed by atoms with van der Waals surface area (Å²) in [7, 11) is 0. The third-order valence-corrected chi connectivity index (χ3v) is 5.64. The van der Waals surface area contributed by atoms with Gasteiger partial charge in [0, 0.05) is 0 Å². The molecule has 6 N–H and O–H groups in total. The molecule has 0 spiro atoms. The van der Waals surface area contributed by atoms with Crippen molar-refractivity contribution in [3.63, 3.8) is 0 Å². The molecule has 1 saturated carbocycles. The van der Waals surface area contributed by atoms with Gasteiger partial charge in [0.05, 0.1) is 6.33 Å². The zero-order chi connectivity index (χ0) is 20.3. The number of fused-ring (bicyclic) bond motifs is 2. The number of nitrogens with two attached hydrogens (primary N) is 1. The molecule has 166 valence electrons. The van der Waals surface area contributed by atoms with E-state index >= 15 is 0 Å². The van der Waals surface area contributed by atoms with Crippen molar-refractivity contribution in [2.45, 2.75) is 82.3 Å². The monoisotopic (exact) mass is 425 g/mol. The van der Waals surface area contributed by atoms with Crippen molar-refractivity contribution in [3.8, 4) is 6.01 Å². The first kappa shape index (κ1) is 21.2. The second kappa shape index (κ2) is 7.55. The molecule has 1 aliphatic carbocycles. The summed E-state index contributed by atoms with van der Waals surface area (Å²) in [5.41, 5.74) is 6.92. The molecule has 12 nitrogen and oxygen atoms in total. The van der Waals surface area contributed by atoms with Crippen LogP contribution in [0.1, 0.15) is 45.8 Å². The van der Waals surface area contributed by atoms with Crippen molar-refractivity contribution in [1.82, 2.24) is 19.5 Å². The van der Waals surface area contributed by atoms with Gasteiger partial charge in [0.25, 0.3) is 0 Å². The number of anilines is 1. The van der Waals surface area contributed by atoms with Gasteiger partial charge in [0.2, 0.25) is 0 Å². The molecule has 2 aromatic rings. The fraction of sp³-hybridized carbons (Fsp3) is 0.722. The molecule has 2 aliphatic heterocycles. The Labute approximate surface area is 172 Å². The molecule has 3 fully saturated rings. The number of aliphatic hydroxyl groups excluding tert-OH is 1. The van der Waals surface area contributed by atoms with Gasteiger partial charge in [-0.25, -0.2) is 4.98 Å². The molecule has 4 heterocycles. The Kier molecular flexibility index (Phi) is 5.33. The molecule has 2 saturated heterocycles. The van der Waals surface area contributed by atoms with Gasteiger partial charge < -0.3 is 40.4 Å². The number of rotatable bonds is 4. The highest BCUT2D eigenvalue weighted by Crippen LogP contribution is 2.44. The van der Waals surface area contributed by atoms with Crippen molar-refractivity contribution in [1.29, 1.82) is 0 Å². The summed E-state index contributed by atoms with van der Waals surface area (Å²) in [6.07, 6.45) is 1.12. The van der Waals surface area contributed by atoms with E-state index in [2.05, 4.69) is 15.0 Å². The van der Waals surface area contributed by atoms with E-state index < -0.39 is 36.6 Å². The van der Waals surface area contributed by atoms with Crippen LogP contribution in [0.4, 0.5) is 5.82 Å². The Morgan fingerprint density at radius 1 is 1.20 bits per heavy atom. The predicted molar refractivity (Wildman–Crippen MR) is 102 cm³/mol. The van der Waals surface area contributed by atoms with Crippen LogP contribution >= 0.6 is 0 Å². The molecule has 5 rings (SSSR count). The van der Waals surface area contributed by atoms with Gasteiger partial charge >= 0.3 is 6.01 Å². The van der Waals surface area contributed by atoms with Crippen LogP contribution in [0.25, 0.3) is 11.2 Å². The molecular weight excluding hydrogens is 398 g/mol. The number of nitrogens with zero attached hydrogens (tertiary/aromatic N) is 4. The van der Waals surface area contributed by atoms with Gasteiger partial charge in [-0.1, -0.05) is 0 Å². The smallest absolute Gasteiger partial charge is 0.320 e. The third kappa shape index (κ3) is 3.49. The van der Waals surface area contributed by atoms with E-state index in [1.54, 1.807) is 18.4 Å². The highest BCUT2D eigenvalue weighted by atomic mass is 16.8. The number of nitrogen functional groups attached to an aromatic ring is 1. The van der Waals surface area contributed by atoms with Crippen molar-refractivity contribution in [2.75, 3.05) is 5.73 Å². The summed E-state index contributed by atoms with van der Waals surface area (Å²) in [5.74, 6) is -0.676. The first-order valence-corrected chi connectivity index (χ1v) is 9.86. The zero-order valence-electron chi connectivity index (χ0n) is 16.8. The lowest BCUT2D eigenvalue weighted by molar-refractivity contribution is -0.229. The highest BCUT2D eigenvalue weighted by molar-refractivity contribution is 5.82. The standard InChI is InChI=1S/C18H25N5O6.H2O/c1-18(2)28-10-11(29-18)15(27-12(10)16(24)25)23-7-20-9-13(19)21-17(22-14(9)23)26-8-5-3-4-6-8;/h7-8,10-12,15-16,24-25H,3-6H2,1-2H3,(H2,19,21,22);1H2/t10-,11+,12-,15+;/m0./s1. The molecule has 3 aliphatic rings. The average molecular weight is 425 g/mol. The normalized spacial score (nSPS) is 30.7. The summed E-state index contributed by atoms with van der Waals surface area (Å²) in [5, 5.41) is 19.5. The SMILES string of the molecule is CC1(C)O[C@@H]2[C@H](O1)[C@@H](C(O)O)O[C@H]2n1cnc2c(N)nc(OC3CCCC3)nc21.O. The second-order valence-corrected chi connectivity index (χ2v) is 8.21. The molecule has 0 radical (unpaired) electrons. The van der Waals surface area contributed by atoms with Gasteiger partial charge in [-0.2, -0.15) is 9.97 Å². The van der Waals surface area contributed by atoms with E-state index in [0.717, 1.165) is 25.7 Å². The van der Waals surface area contributed by atoms with E-state index in [4.69, 9.17) is 24.7 Å². The van der Waals surface area contributed by atoms with Crippen molar-refractivity contribution >= 4 is 17.0 Å². The van der Waals surface area contributed by atoms with Gasteiger partial charge in [0.15, 0.2) is 35.3 Å². The average Bonchev–Trinajstić information content (AvgIpc) is 3.38. The maximum Gasteiger partial charge on any atom is 0.320 e. The molecule has 30 heavy (non-hydrogen) atoms. The molecular formula is C18H27N5O7. The zero-order valence-corrected chi connectivity index (χ0v) is 16.8. The topological polar surface area (TPSA) is 178 Å². The number of hydrogen-bond acceptors (Lipinski definition) is 10. The summed E-state index contributed by atoms with van der Waals surface area (Å²) in [6.45, 7) is 3.53. The van der Waals surface area contributed by atoms with Crippen LogP contribution in [-0.4, -0.2) is 71.7 Å². The summed E-state index contributed by atoms with van der Waals surface area (Å²) < 4.78 is 25.3. The molecule has 12 heteroatoms. The number of ether oxygens (including phenoxy) is 4. The Morgan fingerprint density at radius 3 is 2.60 bits per heavy atom. The predicted octanol–water partition coefficient (Wildman–Crippen LogP) is -0.367. The van der Waals surface area contributed by atoms with Crippen molar-refractivity contribution in [2.24, 2.45) is 0 Å². The number of imidazole rings is 1. The number of aromatic nitrogens is 4. The fourth-order valence-corrected chi connectivity index (χ4v) is 4.38. The first-order valence-electron chi connectivity index (χ1n) is 9.86. The Bertz CT molecular complexity index is 914. The maximum absolute atomic E-state index is 9.75. The minimum Gasteiger partial charge on any atom is -0.460 e. The minimum atomic E-state index is -1.72. The van der Waals surface area contributed by atoms with Crippen LogP contribution in [0.5, 0.6) is 6.01 Å². The lowest BCUT2D eigenvalue weighted by Gasteiger charge is -2.25. The lowest BCUT2D eigenvalue weighted by atomic mass is 10.1. The molecule has 0 unspecified atom stereocenters. The maximum atomic E-state index is 9.75. The molecule has 4 atom stereocenters. The van der Waals surface area contributed by atoms with Crippen LogP contribution < -0.4 is 10.5 Å². The van der Waals surface area contributed by atoms with Crippen LogP contribution in [0.2, 0.25) is 0 Å². The third-order valence-electron chi connectivity index (χ3n) is 5.64. The largest absolute Gasteiger partial charge is 0.460 e. The van der Waals surface area contributed by atoms with Gasteiger partial charge in [-0.15, -0.1) is 0 Å². The number of hydrogen-bond donors (Lipinski definition) is 3. The second-order valence-electron chi connectivity index (χ2n) is 8.21. The fourth-order valence-electron chi connectivity index (χ4n) is 4.38. The quantitative estimate of drug-likeness (QED) is 0.547. The molecule has 2 aromatic heterocycles. The molecule has 0 bridgehead atoms. The van der Waals surface area contributed by atoms with E-state index in [0.29, 0.717) is 11.2 Å². The van der Waals surface area contributed by atoms with Crippen LogP contribution in [0.3, 0.4) is 0 Å². The summed E-state index contributed by atoms with van der Waals surface area (Å²) in [4.78, 5) is 13.1.